The molecular formula is C8H12N6. The molecule has 2 aromatic rings. The van der Waals surface area contributed by atoms with Crippen molar-refractivity contribution in [3.8, 4) is 0 Å². The second-order valence-corrected chi connectivity index (χ2v) is 3.16. The molecule has 2 aromatic heterocycles. The lowest BCUT2D eigenvalue weighted by atomic mass is 10.2. The van der Waals surface area contributed by atoms with Gasteiger partial charge in [0.1, 0.15) is 11.5 Å². The Morgan fingerprint density at radius 2 is 2.29 bits per heavy atom. The first-order valence-corrected chi connectivity index (χ1v) is 4.29. The minimum atomic E-state index is -0.278. The fourth-order valence-corrected chi connectivity index (χ4v) is 1.32. The van der Waals surface area contributed by atoms with Gasteiger partial charge in [-0.1, -0.05) is 0 Å². The van der Waals surface area contributed by atoms with Crippen molar-refractivity contribution in [2.75, 3.05) is 0 Å². The molecule has 0 bridgehead atoms. The summed E-state index contributed by atoms with van der Waals surface area (Å²) in [6.07, 6.45) is 3.38. The molecule has 14 heavy (non-hydrogen) atoms. The van der Waals surface area contributed by atoms with E-state index in [0.717, 1.165) is 11.5 Å². The van der Waals surface area contributed by atoms with E-state index in [1.807, 2.05) is 18.5 Å². The van der Waals surface area contributed by atoms with Gasteiger partial charge in [0.25, 0.3) is 0 Å². The first kappa shape index (κ1) is 8.89. The normalized spacial score (nSPS) is 13.1. The molecule has 0 aromatic carbocycles. The standard InChI is InChI=1S/C8H12N6/c1-5-10-4-7(14(5)2)8(9)6-3-11-13-12-6/h3-4,8H,9H2,1-2H3,(H,11,12,13). The van der Waals surface area contributed by atoms with Gasteiger partial charge in [0.15, 0.2) is 0 Å². The third-order valence-corrected chi connectivity index (χ3v) is 2.33. The van der Waals surface area contributed by atoms with Crippen molar-refractivity contribution in [3.05, 3.63) is 29.6 Å². The summed E-state index contributed by atoms with van der Waals surface area (Å²) in [5.74, 6) is 0.930. The van der Waals surface area contributed by atoms with E-state index in [1.54, 1.807) is 12.4 Å². The smallest absolute Gasteiger partial charge is 0.105 e. The van der Waals surface area contributed by atoms with Crippen molar-refractivity contribution in [1.29, 1.82) is 0 Å². The average Bonchev–Trinajstić information content (AvgIpc) is 2.77. The predicted octanol–water partition coefficient (Wildman–Crippen LogP) is -0.105. The molecule has 0 aliphatic carbocycles. The Labute approximate surface area is 81.1 Å². The van der Waals surface area contributed by atoms with E-state index in [-0.39, 0.29) is 6.04 Å². The van der Waals surface area contributed by atoms with Crippen LogP contribution in [0, 0.1) is 6.92 Å². The molecule has 0 saturated heterocycles. The summed E-state index contributed by atoms with van der Waals surface area (Å²) in [5.41, 5.74) is 7.63. The van der Waals surface area contributed by atoms with Gasteiger partial charge in [-0.15, -0.1) is 0 Å². The van der Waals surface area contributed by atoms with Crippen LogP contribution in [-0.4, -0.2) is 25.0 Å². The van der Waals surface area contributed by atoms with E-state index in [2.05, 4.69) is 20.4 Å². The maximum absolute atomic E-state index is 5.99. The fraction of sp³-hybridized carbons (Fsp3) is 0.375. The summed E-state index contributed by atoms with van der Waals surface area (Å²) in [4.78, 5) is 4.17. The highest BCUT2D eigenvalue weighted by Crippen LogP contribution is 2.16. The largest absolute Gasteiger partial charge is 0.334 e. The van der Waals surface area contributed by atoms with E-state index in [1.165, 1.54) is 0 Å². The molecule has 0 radical (unpaired) electrons. The molecule has 0 amide bonds. The summed E-state index contributed by atoms with van der Waals surface area (Å²) in [6, 6.07) is -0.278. The first-order valence-electron chi connectivity index (χ1n) is 4.29. The van der Waals surface area contributed by atoms with E-state index < -0.39 is 0 Å². The van der Waals surface area contributed by atoms with Gasteiger partial charge < -0.3 is 10.3 Å². The molecule has 6 heteroatoms. The van der Waals surface area contributed by atoms with E-state index in [4.69, 9.17) is 5.73 Å². The second kappa shape index (κ2) is 3.22. The molecule has 1 atom stereocenters. The zero-order valence-corrected chi connectivity index (χ0v) is 8.10. The molecule has 2 rings (SSSR count). The van der Waals surface area contributed by atoms with E-state index in [0.29, 0.717) is 5.69 Å². The molecule has 74 valence electrons. The number of nitrogens with one attached hydrogen (secondary N) is 1. The van der Waals surface area contributed by atoms with Crippen molar-refractivity contribution in [2.45, 2.75) is 13.0 Å². The molecule has 0 fully saturated rings. The van der Waals surface area contributed by atoms with Gasteiger partial charge in [-0.2, -0.15) is 15.4 Å². The Bertz CT molecular complexity index is 415. The molecule has 0 aliphatic heterocycles. The van der Waals surface area contributed by atoms with Gasteiger partial charge in [-0.25, -0.2) is 4.98 Å². The number of nitrogens with two attached hydrogens (primary N) is 1. The maximum Gasteiger partial charge on any atom is 0.105 e. The van der Waals surface area contributed by atoms with Crippen molar-refractivity contribution >= 4 is 0 Å². The number of aromatic nitrogens is 5. The van der Waals surface area contributed by atoms with Gasteiger partial charge in [0.05, 0.1) is 24.1 Å². The first-order chi connectivity index (χ1) is 6.70. The SMILES string of the molecule is Cc1ncc(C(N)c2cn[nH]n2)n1C. The van der Waals surface area contributed by atoms with Gasteiger partial charge in [0.2, 0.25) is 0 Å². The van der Waals surface area contributed by atoms with Crippen molar-refractivity contribution in [3.63, 3.8) is 0 Å². The zero-order chi connectivity index (χ0) is 10.1. The van der Waals surface area contributed by atoms with Crippen LogP contribution < -0.4 is 5.73 Å². The minimum absolute atomic E-state index is 0.278. The number of aryl methyl sites for hydroxylation is 1. The number of rotatable bonds is 2. The highest BCUT2D eigenvalue weighted by molar-refractivity contribution is 5.18. The topological polar surface area (TPSA) is 85.4 Å². The molecule has 1 unspecified atom stereocenters. The number of hydrogen-bond donors (Lipinski definition) is 2. The molecule has 0 aliphatic rings. The molecule has 0 saturated carbocycles. The fourth-order valence-electron chi connectivity index (χ4n) is 1.32. The maximum atomic E-state index is 5.99. The summed E-state index contributed by atoms with van der Waals surface area (Å²) in [7, 11) is 1.93. The zero-order valence-electron chi connectivity index (χ0n) is 8.10. The molecular weight excluding hydrogens is 180 g/mol. The number of hydrogen-bond acceptors (Lipinski definition) is 4. The Morgan fingerprint density at radius 1 is 1.50 bits per heavy atom. The van der Waals surface area contributed by atoms with Crippen LogP contribution in [0.1, 0.15) is 23.3 Å². The Hall–Kier alpha value is -1.69. The number of H-pyrrole nitrogens is 1. The lowest BCUT2D eigenvalue weighted by Crippen LogP contribution is -2.16. The van der Waals surface area contributed by atoms with Crippen molar-refractivity contribution in [1.82, 2.24) is 25.0 Å². The van der Waals surface area contributed by atoms with Crippen molar-refractivity contribution < 1.29 is 0 Å². The van der Waals surface area contributed by atoms with Crippen LogP contribution in [0.15, 0.2) is 12.4 Å². The molecule has 6 nitrogen and oxygen atoms in total. The summed E-state index contributed by atoms with van der Waals surface area (Å²) in [5, 5.41) is 10.2. The third-order valence-electron chi connectivity index (χ3n) is 2.33. The van der Waals surface area contributed by atoms with Crippen LogP contribution in [0.5, 0.6) is 0 Å². The van der Waals surface area contributed by atoms with Crippen LogP contribution in [0.3, 0.4) is 0 Å². The van der Waals surface area contributed by atoms with Gasteiger partial charge in [-0.3, -0.25) is 0 Å². The quantitative estimate of drug-likeness (QED) is 0.695. The van der Waals surface area contributed by atoms with Gasteiger partial charge in [0, 0.05) is 7.05 Å². The Morgan fingerprint density at radius 3 is 2.79 bits per heavy atom. The van der Waals surface area contributed by atoms with Gasteiger partial charge in [-0.05, 0) is 6.92 Å². The number of aromatic amines is 1. The Kier molecular flexibility index (Phi) is 2.05. The van der Waals surface area contributed by atoms with Crippen LogP contribution in [-0.2, 0) is 7.05 Å². The summed E-state index contributed by atoms with van der Waals surface area (Å²) in [6.45, 7) is 1.93. The van der Waals surface area contributed by atoms with Crippen molar-refractivity contribution in [2.24, 2.45) is 12.8 Å². The van der Waals surface area contributed by atoms with E-state index in [9.17, 15) is 0 Å². The summed E-state index contributed by atoms with van der Waals surface area (Å²) >= 11 is 0. The van der Waals surface area contributed by atoms with Gasteiger partial charge >= 0.3 is 0 Å². The highest BCUT2D eigenvalue weighted by atomic mass is 15.3. The highest BCUT2D eigenvalue weighted by Gasteiger charge is 2.15. The van der Waals surface area contributed by atoms with Crippen LogP contribution in [0.25, 0.3) is 0 Å². The minimum Gasteiger partial charge on any atom is -0.334 e. The van der Waals surface area contributed by atoms with Crippen LogP contribution in [0.2, 0.25) is 0 Å². The average molecular weight is 192 g/mol. The monoisotopic (exact) mass is 192 g/mol. The lowest BCUT2D eigenvalue weighted by Gasteiger charge is -2.09. The van der Waals surface area contributed by atoms with Crippen LogP contribution in [0.4, 0.5) is 0 Å². The van der Waals surface area contributed by atoms with Crippen LogP contribution >= 0.6 is 0 Å². The Balaban J connectivity index is 2.36. The molecule has 0 spiro atoms. The predicted molar refractivity (Wildman–Crippen MR) is 50.4 cm³/mol. The number of imidazole rings is 1. The third kappa shape index (κ3) is 1.29. The molecule has 3 N–H and O–H groups in total. The van der Waals surface area contributed by atoms with E-state index >= 15 is 0 Å². The molecule has 2 heterocycles. The lowest BCUT2D eigenvalue weighted by molar-refractivity contribution is 0.710. The number of nitrogens with zero attached hydrogens (tertiary/aromatic N) is 4. The summed E-state index contributed by atoms with van der Waals surface area (Å²) < 4.78 is 1.94. The second-order valence-electron chi connectivity index (χ2n) is 3.16.